The fraction of sp³-hybridized carbons (Fsp3) is 0.545. The van der Waals surface area contributed by atoms with Crippen molar-refractivity contribution < 1.29 is 13.2 Å². The van der Waals surface area contributed by atoms with Crippen LogP contribution in [0.1, 0.15) is 5.82 Å². The molecular weight excluding hydrogens is 318 g/mol. The van der Waals surface area contributed by atoms with Crippen molar-refractivity contribution >= 4 is 32.8 Å². The van der Waals surface area contributed by atoms with E-state index in [-0.39, 0.29) is 6.54 Å². The van der Waals surface area contributed by atoms with Gasteiger partial charge >= 0.3 is 0 Å². The van der Waals surface area contributed by atoms with Gasteiger partial charge in [0.1, 0.15) is 12.2 Å². The maximum absolute atomic E-state index is 11.1. The Labute approximate surface area is 127 Å². The highest BCUT2D eigenvalue weighted by Gasteiger charge is 2.16. The van der Waals surface area contributed by atoms with Gasteiger partial charge in [-0.1, -0.05) is 0 Å². The molecule has 116 valence electrons. The summed E-state index contributed by atoms with van der Waals surface area (Å²) in [6, 6.07) is 0. The van der Waals surface area contributed by atoms with Crippen molar-refractivity contribution in [1.82, 2.24) is 24.2 Å². The average Bonchev–Trinajstić information content (AvgIpc) is 2.76. The van der Waals surface area contributed by atoms with Crippen molar-refractivity contribution in [3.8, 4) is 5.88 Å². The third-order valence-electron chi connectivity index (χ3n) is 2.79. The lowest BCUT2D eigenvalue weighted by molar-refractivity contribution is 0.401. The molecule has 0 aliphatic heterocycles. The molecule has 1 N–H and O–H groups in total. The van der Waals surface area contributed by atoms with Crippen molar-refractivity contribution in [2.45, 2.75) is 13.0 Å². The number of imidazole rings is 1. The van der Waals surface area contributed by atoms with Crippen LogP contribution in [0.5, 0.6) is 5.88 Å². The standard InChI is InChI=1S/C11H16ClN5O3S/c1-20-11-9-10(13-7-14-11)17(8(16-9)3-4-12)6-5-15-21(2,18)19/h7,15H,3-6H2,1-2H3. The van der Waals surface area contributed by atoms with E-state index in [2.05, 4.69) is 19.7 Å². The Balaban J connectivity index is 2.37. The van der Waals surface area contributed by atoms with Crippen molar-refractivity contribution in [2.24, 2.45) is 0 Å². The van der Waals surface area contributed by atoms with E-state index in [0.29, 0.717) is 41.7 Å². The topological polar surface area (TPSA) is 99.0 Å². The van der Waals surface area contributed by atoms with Gasteiger partial charge in [-0.15, -0.1) is 11.6 Å². The summed E-state index contributed by atoms with van der Waals surface area (Å²) in [6.07, 6.45) is 3.04. The number of aryl methyl sites for hydroxylation is 1. The van der Waals surface area contributed by atoms with Gasteiger partial charge < -0.3 is 9.30 Å². The highest BCUT2D eigenvalue weighted by molar-refractivity contribution is 7.88. The molecule has 0 spiro atoms. The number of halogens is 1. The number of ether oxygens (including phenoxy) is 1. The molecule has 0 radical (unpaired) electrons. The Hall–Kier alpha value is -1.45. The molecule has 0 amide bonds. The number of sulfonamides is 1. The maximum Gasteiger partial charge on any atom is 0.245 e. The number of hydrogen-bond donors (Lipinski definition) is 1. The van der Waals surface area contributed by atoms with Gasteiger partial charge in [-0.25, -0.2) is 23.1 Å². The second kappa shape index (κ2) is 6.54. The van der Waals surface area contributed by atoms with Crippen molar-refractivity contribution in [2.75, 3.05) is 25.8 Å². The van der Waals surface area contributed by atoms with Gasteiger partial charge in [-0.2, -0.15) is 4.98 Å². The molecule has 0 aliphatic carbocycles. The van der Waals surface area contributed by atoms with E-state index in [1.54, 1.807) is 0 Å². The van der Waals surface area contributed by atoms with Gasteiger partial charge in [0.25, 0.3) is 0 Å². The molecule has 0 fully saturated rings. The first kappa shape index (κ1) is 15.9. The summed E-state index contributed by atoms with van der Waals surface area (Å²) in [5, 5.41) is 0. The van der Waals surface area contributed by atoms with Gasteiger partial charge in [0.2, 0.25) is 15.9 Å². The summed E-state index contributed by atoms with van der Waals surface area (Å²) < 4.78 is 31.7. The molecule has 0 unspecified atom stereocenters. The van der Waals surface area contributed by atoms with Crippen LogP contribution >= 0.6 is 11.6 Å². The predicted molar refractivity (Wildman–Crippen MR) is 79.1 cm³/mol. The summed E-state index contributed by atoms with van der Waals surface area (Å²) in [7, 11) is -1.73. The van der Waals surface area contributed by atoms with E-state index < -0.39 is 10.0 Å². The average molecular weight is 334 g/mol. The van der Waals surface area contributed by atoms with E-state index in [4.69, 9.17) is 16.3 Å². The first-order chi connectivity index (χ1) is 9.96. The maximum atomic E-state index is 11.1. The number of fused-ring (bicyclic) bond motifs is 1. The number of hydrogen-bond acceptors (Lipinski definition) is 6. The largest absolute Gasteiger partial charge is 0.479 e. The molecule has 0 bridgehead atoms. The molecule has 0 aliphatic rings. The second-order valence-corrected chi connectivity index (χ2v) is 6.55. The van der Waals surface area contributed by atoms with E-state index in [0.717, 1.165) is 6.26 Å². The molecule has 0 saturated heterocycles. The number of nitrogens with zero attached hydrogens (tertiary/aromatic N) is 4. The summed E-state index contributed by atoms with van der Waals surface area (Å²) in [5.74, 6) is 1.50. The van der Waals surface area contributed by atoms with Crippen LogP contribution in [0.15, 0.2) is 6.33 Å². The van der Waals surface area contributed by atoms with E-state index in [1.807, 2.05) is 4.57 Å². The molecule has 2 heterocycles. The van der Waals surface area contributed by atoms with Crippen LogP contribution in [-0.4, -0.2) is 53.7 Å². The lowest BCUT2D eigenvalue weighted by Crippen LogP contribution is -2.26. The fourth-order valence-electron chi connectivity index (χ4n) is 1.96. The highest BCUT2D eigenvalue weighted by Crippen LogP contribution is 2.21. The van der Waals surface area contributed by atoms with E-state index >= 15 is 0 Å². The SMILES string of the molecule is COc1ncnc2c1nc(CCCl)n2CCNS(C)(=O)=O. The molecule has 2 aromatic heterocycles. The van der Waals surface area contributed by atoms with Gasteiger partial charge in [-0.3, -0.25) is 0 Å². The molecule has 0 saturated carbocycles. The molecule has 8 nitrogen and oxygen atoms in total. The molecular formula is C11H16ClN5O3S. The second-order valence-electron chi connectivity index (χ2n) is 4.34. The number of alkyl halides is 1. The lowest BCUT2D eigenvalue weighted by atomic mass is 10.4. The molecule has 0 aromatic carbocycles. The van der Waals surface area contributed by atoms with Crippen LogP contribution in [-0.2, 0) is 23.0 Å². The van der Waals surface area contributed by atoms with Gasteiger partial charge in [0, 0.05) is 25.4 Å². The minimum Gasteiger partial charge on any atom is -0.479 e. The van der Waals surface area contributed by atoms with Crippen molar-refractivity contribution in [3.63, 3.8) is 0 Å². The van der Waals surface area contributed by atoms with Crippen molar-refractivity contribution in [1.29, 1.82) is 0 Å². The van der Waals surface area contributed by atoms with Gasteiger partial charge in [0.15, 0.2) is 11.2 Å². The van der Waals surface area contributed by atoms with Crippen LogP contribution in [0.3, 0.4) is 0 Å². The third kappa shape index (κ3) is 3.80. The zero-order valence-corrected chi connectivity index (χ0v) is 13.3. The predicted octanol–water partition coefficient (Wildman–Crippen LogP) is 0.165. The summed E-state index contributed by atoms with van der Waals surface area (Å²) in [6.45, 7) is 0.641. The van der Waals surface area contributed by atoms with Crippen LogP contribution in [0.2, 0.25) is 0 Å². The number of aromatic nitrogens is 4. The quantitative estimate of drug-likeness (QED) is 0.725. The molecule has 2 rings (SSSR count). The van der Waals surface area contributed by atoms with E-state index in [1.165, 1.54) is 13.4 Å². The number of methoxy groups -OCH3 is 1. The first-order valence-electron chi connectivity index (χ1n) is 6.21. The molecule has 2 aromatic rings. The fourth-order valence-corrected chi connectivity index (χ4v) is 2.59. The lowest BCUT2D eigenvalue weighted by Gasteiger charge is -2.08. The number of nitrogens with one attached hydrogen (secondary N) is 1. The smallest absolute Gasteiger partial charge is 0.245 e. The number of rotatable bonds is 7. The molecule has 0 atom stereocenters. The Morgan fingerprint density at radius 2 is 2.19 bits per heavy atom. The minimum absolute atomic E-state index is 0.242. The van der Waals surface area contributed by atoms with Crippen LogP contribution < -0.4 is 9.46 Å². The molecule has 21 heavy (non-hydrogen) atoms. The Morgan fingerprint density at radius 3 is 2.81 bits per heavy atom. The van der Waals surface area contributed by atoms with E-state index in [9.17, 15) is 8.42 Å². The summed E-state index contributed by atoms with van der Waals surface area (Å²) in [4.78, 5) is 12.6. The van der Waals surface area contributed by atoms with Crippen LogP contribution in [0.4, 0.5) is 0 Å². The Kier molecular flexibility index (Phi) is 4.96. The zero-order valence-electron chi connectivity index (χ0n) is 11.7. The zero-order chi connectivity index (χ0) is 15.5. The Morgan fingerprint density at radius 1 is 1.43 bits per heavy atom. The van der Waals surface area contributed by atoms with Crippen LogP contribution in [0.25, 0.3) is 11.2 Å². The summed E-state index contributed by atoms with van der Waals surface area (Å²) in [5.41, 5.74) is 1.14. The molecule has 10 heteroatoms. The monoisotopic (exact) mass is 333 g/mol. The van der Waals surface area contributed by atoms with Gasteiger partial charge in [0.05, 0.1) is 13.4 Å². The highest BCUT2D eigenvalue weighted by atomic mass is 35.5. The summed E-state index contributed by atoms with van der Waals surface area (Å²) >= 11 is 5.78. The van der Waals surface area contributed by atoms with Crippen LogP contribution in [0, 0.1) is 0 Å². The minimum atomic E-state index is -3.24. The van der Waals surface area contributed by atoms with Gasteiger partial charge in [-0.05, 0) is 0 Å². The third-order valence-corrected chi connectivity index (χ3v) is 3.71. The normalized spacial score (nSPS) is 12.0. The van der Waals surface area contributed by atoms with Crippen molar-refractivity contribution in [3.05, 3.63) is 12.2 Å². The first-order valence-corrected chi connectivity index (χ1v) is 8.63. The Bertz CT molecular complexity index is 731.